The van der Waals surface area contributed by atoms with E-state index in [1.54, 1.807) is 0 Å². The third-order valence-corrected chi connectivity index (χ3v) is 3.83. The van der Waals surface area contributed by atoms with Crippen LogP contribution in [0.25, 0.3) is 0 Å². The number of nitrogens with one attached hydrogen (secondary N) is 1. The number of aryl methyl sites for hydroxylation is 1. The summed E-state index contributed by atoms with van der Waals surface area (Å²) in [6.07, 6.45) is 3.69. The molecular formula is C10H15N3O2S. The minimum atomic E-state index is -1.20. The lowest BCUT2D eigenvalue weighted by atomic mass is 10.0. The molecule has 88 valence electrons. The van der Waals surface area contributed by atoms with Gasteiger partial charge in [0.05, 0.1) is 0 Å². The van der Waals surface area contributed by atoms with Crippen molar-refractivity contribution in [2.24, 2.45) is 0 Å². The van der Waals surface area contributed by atoms with Crippen LogP contribution >= 0.6 is 11.3 Å². The van der Waals surface area contributed by atoms with Crippen LogP contribution in [0, 0.1) is 0 Å². The van der Waals surface area contributed by atoms with Gasteiger partial charge in [0.15, 0.2) is 0 Å². The predicted octanol–water partition coefficient (Wildman–Crippen LogP) is 1.34. The van der Waals surface area contributed by atoms with E-state index in [4.69, 9.17) is 0 Å². The Morgan fingerprint density at radius 2 is 2.19 bits per heavy atom. The van der Waals surface area contributed by atoms with Crippen LogP contribution < -0.4 is 5.32 Å². The van der Waals surface area contributed by atoms with Crippen molar-refractivity contribution in [1.82, 2.24) is 10.2 Å². The highest BCUT2D eigenvalue weighted by Gasteiger charge is 2.39. The van der Waals surface area contributed by atoms with E-state index < -0.39 is 5.60 Å². The van der Waals surface area contributed by atoms with E-state index >= 15 is 0 Å². The second-order valence-electron chi connectivity index (χ2n) is 4.05. The van der Waals surface area contributed by atoms with E-state index in [1.165, 1.54) is 11.3 Å². The summed E-state index contributed by atoms with van der Waals surface area (Å²) in [5.41, 5.74) is -1.20. The minimum absolute atomic E-state index is 0.344. The van der Waals surface area contributed by atoms with Gasteiger partial charge >= 0.3 is 0 Å². The zero-order valence-corrected chi connectivity index (χ0v) is 10.0. The third-order valence-electron chi connectivity index (χ3n) is 2.84. The van der Waals surface area contributed by atoms with Crippen LogP contribution in [-0.4, -0.2) is 26.8 Å². The molecule has 1 amide bonds. The fourth-order valence-electron chi connectivity index (χ4n) is 1.85. The summed E-state index contributed by atoms with van der Waals surface area (Å²) < 4.78 is 0. The average molecular weight is 241 g/mol. The normalized spacial score (nSPS) is 18.6. The quantitative estimate of drug-likeness (QED) is 0.837. The number of amides is 1. The van der Waals surface area contributed by atoms with E-state index in [9.17, 15) is 9.90 Å². The van der Waals surface area contributed by atoms with Gasteiger partial charge in [-0.25, -0.2) is 0 Å². The number of aliphatic hydroxyl groups is 1. The van der Waals surface area contributed by atoms with Crippen molar-refractivity contribution in [2.75, 3.05) is 5.32 Å². The number of hydrogen-bond donors (Lipinski definition) is 2. The van der Waals surface area contributed by atoms with Gasteiger partial charge in [-0.05, 0) is 32.1 Å². The van der Waals surface area contributed by atoms with Gasteiger partial charge in [0.1, 0.15) is 10.6 Å². The van der Waals surface area contributed by atoms with Gasteiger partial charge in [-0.15, -0.1) is 10.2 Å². The van der Waals surface area contributed by atoms with E-state index in [0.29, 0.717) is 18.0 Å². The van der Waals surface area contributed by atoms with E-state index in [0.717, 1.165) is 24.3 Å². The summed E-state index contributed by atoms with van der Waals surface area (Å²) in [5.74, 6) is -0.344. The van der Waals surface area contributed by atoms with Gasteiger partial charge in [-0.3, -0.25) is 10.1 Å². The highest BCUT2D eigenvalue weighted by Crippen LogP contribution is 2.30. The number of nitrogens with zero attached hydrogens (tertiary/aromatic N) is 2. The monoisotopic (exact) mass is 241 g/mol. The standard InChI is InChI=1S/C10H15N3O2S/c1-2-7-12-13-9(16-7)11-8(14)10(15)5-3-4-6-10/h15H,2-6H2,1H3,(H,11,13,14). The van der Waals surface area contributed by atoms with Crippen LogP contribution in [0.1, 0.15) is 37.6 Å². The molecule has 1 heterocycles. The molecule has 16 heavy (non-hydrogen) atoms. The highest BCUT2D eigenvalue weighted by atomic mass is 32.1. The van der Waals surface area contributed by atoms with E-state index in [2.05, 4.69) is 15.5 Å². The molecule has 1 aromatic heterocycles. The maximum atomic E-state index is 11.8. The Morgan fingerprint density at radius 1 is 1.50 bits per heavy atom. The molecule has 1 aliphatic carbocycles. The average Bonchev–Trinajstić information content (AvgIpc) is 2.88. The second-order valence-corrected chi connectivity index (χ2v) is 5.11. The fourth-order valence-corrected chi connectivity index (χ4v) is 2.52. The molecular weight excluding hydrogens is 226 g/mol. The first-order chi connectivity index (χ1) is 7.64. The molecule has 0 unspecified atom stereocenters. The molecule has 0 bridgehead atoms. The van der Waals surface area contributed by atoms with Gasteiger partial charge < -0.3 is 5.11 Å². The molecule has 1 fully saturated rings. The molecule has 0 radical (unpaired) electrons. The molecule has 0 aromatic carbocycles. The molecule has 6 heteroatoms. The zero-order chi connectivity index (χ0) is 11.6. The Hall–Kier alpha value is -1.01. The van der Waals surface area contributed by atoms with Gasteiger partial charge in [0.2, 0.25) is 5.13 Å². The molecule has 1 saturated carbocycles. The highest BCUT2D eigenvalue weighted by molar-refractivity contribution is 7.15. The maximum absolute atomic E-state index is 11.8. The maximum Gasteiger partial charge on any atom is 0.258 e. The molecule has 1 aromatic rings. The first kappa shape index (κ1) is 11.5. The lowest BCUT2D eigenvalue weighted by molar-refractivity contribution is -0.133. The zero-order valence-electron chi connectivity index (χ0n) is 9.19. The van der Waals surface area contributed by atoms with Gasteiger partial charge in [-0.1, -0.05) is 18.3 Å². The van der Waals surface area contributed by atoms with Crippen LogP contribution in [0.5, 0.6) is 0 Å². The predicted molar refractivity (Wildman–Crippen MR) is 61.3 cm³/mol. The Balaban J connectivity index is 2.01. The lowest BCUT2D eigenvalue weighted by Crippen LogP contribution is -2.40. The first-order valence-corrected chi connectivity index (χ1v) is 6.32. The van der Waals surface area contributed by atoms with Gasteiger partial charge in [-0.2, -0.15) is 0 Å². The molecule has 2 N–H and O–H groups in total. The topological polar surface area (TPSA) is 75.1 Å². The smallest absolute Gasteiger partial charge is 0.258 e. The molecule has 0 spiro atoms. The summed E-state index contributed by atoms with van der Waals surface area (Å²) in [6, 6.07) is 0. The van der Waals surface area contributed by atoms with Crippen molar-refractivity contribution in [3.05, 3.63) is 5.01 Å². The van der Waals surface area contributed by atoms with Crippen molar-refractivity contribution < 1.29 is 9.90 Å². The van der Waals surface area contributed by atoms with Crippen molar-refractivity contribution in [3.8, 4) is 0 Å². The van der Waals surface area contributed by atoms with Crippen LogP contribution in [0.2, 0.25) is 0 Å². The number of hydrogen-bond acceptors (Lipinski definition) is 5. The van der Waals surface area contributed by atoms with E-state index in [-0.39, 0.29) is 5.91 Å². The van der Waals surface area contributed by atoms with Crippen molar-refractivity contribution >= 4 is 22.4 Å². The number of aromatic nitrogens is 2. The fraction of sp³-hybridized carbons (Fsp3) is 0.700. The SMILES string of the molecule is CCc1nnc(NC(=O)C2(O)CCCC2)s1. The number of carbonyl (C=O) groups is 1. The number of anilines is 1. The Morgan fingerprint density at radius 3 is 2.75 bits per heavy atom. The van der Waals surface area contributed by atoms with Crippen molar-refractivity contribution in [2.45, 2.75) is 44.6 Å². The largest absolute Gasteiger partial charge is 0.380 e. The molecule has 5 nitrogen and oxygen atoms in total. The number of carbonyl (C=O) groups excluding carboxylic acids is 1. The molecule has 1 aliphatic rings. The van der Waals surface area contributed by atoms with Gasteiger partial charge in [0, 0.05) is 0 Å². The molecule has 0 aliphatic heterocycles. The van der Waals surface area contributed by atoms with Crippen molar-refractivity contribution in [3.63, 3.8) is 0 Å². The van der Waals surface area contributed by atoms with Crippen LogP contribution in [0.4, 0.5) is 5.13 Å². The molecule has 0 atom stereocenters. The van der Waals surface area contributed by atoms with Gasteiger partial charge in [0.25, 0.3) is 5.91 Å². The minimum Gasteiger partial charge on any atom is -0.380 e. The summed E-state index contributed by atoms with van der Waals surface area (Å²) >= 11 is 1.35. The Kier molecular flexibility index (Phi) is 3.20. The van der Waals surface area contributed by atoms with Crippen LogP contribution in [-0.2, 0) is 11.2 Å². The van der Waals surface area contributed by atoms with Crippen LogP contribution in [0.3, 0.4) is 0 Å². The molecule has 0 saturated heterocycles. The Bertz CT molecular complexity index is 385. The van der Waals surface area contributed by atoms with Crippen molar-refractivity contribution in [1.29, 1.82) is 0 Å². The van der Waals surface area contributed by atoms with E-state index in [1.807, 2.05) is 6.92 Å². The third kappa shape index (κ3) is 2.22. The summed E-state index contributed by atoms with van der Waals surface area (Å²) in [7, 11) is 0. The second kappa shape index (κ2) is 4.47. The first-order valence-electron chi connectivity index (χ1n) is 5.50. The van der Waals surface area contributed by atoms with Crippen LogP contribution in [0.15, 0.2) is 0 Å². The summed E-state index contributed by atoms with van der Waals surface area (Å²) in [6.45, 7) is 1.98. The lowest BCUT2D eigenvalue weighted by Gasteiger charge is -2.19. The number of rotatable bonds is 3. The Labute approximate surface area is 97.9 Å². The molecule has 2 rings (SSSR count). The summed E-state index contributed by atoms with van der Waals surface area (Å²) in [5, 5.41) is 21.8. The summed E-state index contributed by atoms with van der Waals surface area (Å²) in [4.78, 5) is 11.8.